The van der Waals surface area contributed by atoms with E-state index in [0.29, 0.717) is 0 Å². The Bertz CT molecular complexity index is 1460. The lowest BCUT2D eigenvalue weighted by Gasteiger charge is -2.36. The fourth-order valence-corrected chi connectivity index (χ4v) is 6.40. The van der Waals surface area contributed by atoms with Crippen molar-refractivity contribution in [2.45, 2.75) is 29.9 Å². The van der Waals surface area contributed by atoms with Gasteiger partial charge in [0.15, 0.2) is 0 Å². The number of benzene rings is 4. The molecule has 4 aromatic rings. The Kier molecular flexibility index (Phi) is 11.8. The smallest absolute Gasteiger partial charge is 0.408 e. The number of thioether (sulfide) groups is 1. The molecule has 0 aliphatic carbocycles. The topological polar surface area (TPSA) is 137 Å². The molecule has 4 aromatic carbocycles. The molecule has 3 amide bonds. The maximum Gasteiger partial charge on any atom is 0.408 e. The SMILES string of the molecule is COC(=O)C(CSC(c1ccccc1)(c1ccccc1)c1ccccc1)NC(=O)CC(NC(=O)OCc1ccccc1)C(N)=O. The summed E-state index contributed by atoms with van der Waals surface area (Å²) in [7, 11) is 1.24. The number of methoxy groups -OCH3 is 1. The monoisotopic (exact) mass is 625 g/mol. The summed E-state index contributed by atoms with van der Waals surface area (Å²) in [6, 6.07) is 36.2. The third-order valence-electron chi connectivity index (χ3n) is 7.07. The van der Waals surface area contributed by atoms with Crippen LogP contribution in [0.25, 0.3) is 0 Å². The summed E-state index contributed by atoms with van der Waals surface area (Å²) in [4.78, 5) is 50.6. The maximum atomic E-state index is 13.2. The molecule has 0 fully saturated rings. The number of hydrogen-bond donors (Lipinski definition) is 3. The third kappa shape index (κ3) is 8.73. The predicted molar refractivity (Wildman–Crippen MR) is 173 cm³/mol. The van der Waals surface area contributed by atoms with Gasteiger partial charge in [0.25, 0.3) is 0 Å². The first-order valence-electron chi connectivity index (χ1n) is 14.3. The van der Waals surface area contributed by atoms with Crippen LogP contribution in [0.4, 0.5) is 4.79 Å². The molecule has 0 aromatic heterocycles. The van der Waals surface area contributed by atoms with Crippen molar-refractivity contribution in [3.8, 4) is 0 Å². The van der Waals surface area contributed by atoms with E-state index in [1.54, 1.807) is 24.3 Å². The van der Waals surface area contributed by atoms with Gasteiger partial charge in [-0.25, -0.2) is 9.59 Å². The van der Waals surface area contributed by atoms with Gasteiger partial charge < -0.3 is 25.8 Å². The fourth-order valence-electron chi connectivity index (χ4n) is 4.86. The minimum atomic E-state index is -1.36. The Balaban J connectivity index is 1.53. The van der Waals surface area contributed by atoms with Gasteiger partial charge in [-0.1, -0.05) is 121 Å². The Morgan fingerprint density at radius 1 is 0.711 bits per heavy atom. The van der Waals surface area contributed by atoms with Crippen molar-refractivity contribution >= 4 is 35.6 Å². The van der Waals surface area contributed by atoms with Crippen molar-refractivity contribution in [2.24, 2.45) is 5.73 Å². The van der Waals surface area contributed by atoms with Crippen LogP contribution in [0.1, 0.15) is 28.7 Å². The molecule has 10 heteroatoms. The lowest BCUT2D eigenvalue weighted by atomic mass is 9.84. The largest absolute Gasteiger partial charge is 0.467 e. The van der Waals surface area contributed by atoms with Gasteiger partial charge in [0.2, 0.25) is 11.8 Å². The Morgan fingerprint density at radius 2 is 1.18 bits per heavy atom. The molecule has 0 aliphatic heterocycles. The first-order valence-corrected chi connectivity index (χ1v) is 15.3. The third-order valence-corrected chi connectivity index (χ3v) is 8.71. The normalized spacial score (nSPS) is 12.3. The molecule has 0 bridgehead atoms. The molecule has 0 saturated heterocycles. The van der Waals surface area contributed by atoms with Gasteiger partial charge in [0, 0.05) is 5.75 Å². The van der Waals surface area contributed by atoms with Gasteiger partial charge >= 0.3 is 12.1 Å². The van der Waals surface area contributed by atoms with Crippen LogP contribution >= 0.6 is 11.8 Å². The number of nitrogens with one attached hydrogen (secondary N) is 2. The number of hydrogen-bond acceptors (Lipinski definition) is 7. The summed E-state index contributed by atoms with van der Waals surface area (Å²) in [6.45, 7) is -0.0298. The van der Waals surface area contributed by atoms with Gasteiger partial charge in [-0.2, -0.15) is 0 Å². The Hall–Kier alpha value is -5.09. The van der Waals surface area contributed by atoms with Gasteiger partial charge in [-0.3, -0.25) is 9.59 Å². The highest BCUT2D eigenvalue weighted by atomic mass is 32.2. The van der Waals surface area contributed by atoms with Gasteiger partial charge in [0.05, 0.1) is 18.3 Å². The first kappa shape index (κ1) is 32.8. The zero-order valence-corrected chi connectivity index (χ0v) is 25.6. The van der Waals surface area contributed by atoms with Gasteiger partial charge in [-0.05, 0) is 22.3 Å². The quantitative estimate of drug-likeness (QED) is 0.138. The average molecular weight is 626 g/mol. The molecular weight excluding hydrogens is 590 g/mol. The Labute approximate surface area is 266 Å². The highest BCUT2D eigenvalue weighted by molar-refractivity contribution is 8.00. The van der Waals surface area contributed by atoms with Crippen molar-refractivity contribution in [3.05, 3.63) is 144 Å². The van der Waals surface area contributed by atoms with E-state index in [-0.39, 0.29) is 12.4 Å². The van der Waals surface area contributed by atoms with Gasteiger partial charge in [0.1, 0.15) is 18.7 Å². The number of ether oxygens (including phenoxy) is 2. The Morgan fingerprint density at radius 3 is 1.62 bits per heavy atom. The van der Waals surface area contributed by atoms with Crippen LogP contribution in [0, 0.1) is 0 Å². The number of amides is 3. The average Bonchev–Trinajstić information content (AvgIpc) is 3.08. The number of esters is 1. The van der Waals surface area contributed by atoms with E-state index < -0.39 is 47.1 Å². The lowest BCUT2D eigenvalue weighted by Crippen LogP contribution is -2.50. The van der Waals surface area contributed by atoms with Crippen LogP contribution in [-0.2, 0) is 35.2 Å². The molecule has 4 N–H and O–H groups in total. The number of alkyl carbamates (subject to hydrolysis) is 1. The standard InChI is InChI=1S/C35H35N3O6S/c1-43-33(41)30(37-31(39)22-29(32(36)40)38-34(42)44-23-25-14-6-2-7-15-25)24-45-35(26-16-8-3-9-17-26,27-18-10-4-11-19-27)28-20-12-5-13-21-28/h2-21,29-30H,22-24H2,1H3,(H2,36,40)(H,37,39)(H,38,42). The minimum Gasteiger partial charge on any atom is -0.467 e. The van der Waals surface area contributed by atoms with Crippen molar-refractivity contribution in [2.75, 3.05) is 12.9 Å². The zero-order chi connectivity index (χ0) is 32.1. The first-order chi connectivity index (χ1) is 21.8. The second-order valence-electron chi connectivity index (χ2n) is 10.1. The predicted octanol–water partition coefficient (Wildman–Crippen LogP) is 4.54. The van der Waals surface area contributed by atoms with Crippen LogP contribution in [0.2, 0.25) is 0 Å². The van der Waals surface area contributed by atoms with E-state index >= 15 is 0 Å². The summed E-state index contributed by atoms with van der Waals surface area (Å²) in [5, 5.41) is 5.01. The molecule has 0 heterocycles. The molecule has 0 saturated carbocycles. The molecule has 0 aliphatic rings. The van der Waals surface area contributed by atoms with Crippen molar-refractivity contribution in [1.82, 2.24) is 10.6 Å². The van der Waals surface area contributed by atoms with E-state index in [1.807, 2.05) is 97.1 Å². The van der Waals surface area contributed by atoms with Crippen LogP contribution in [0.5, 0.6) is 0 Å². The summed E-state index contributed by atoms with van der Waals surface area (Å²) < 4.78 is 9.45. The molecule has 232 valence electrons. The highest BCUT2D eigenvalue weighted by Crippen LogP contribution is 2.48. The molecule has 45 heavy (non-hydrogen) atoms. The molecule has 9 nitrogen and oxygen atoms in total. The number of primary amides is 1. The minimum absolute atomic E-state index is 0.0298. The molecule has 0 spiro atoms. The summed E-state index contributed by atoms with van der Waals surface area (Å²) in [5.41, 5.74) is 9.17. The zero-order valence-electron chi connectivity index (χ0n) is 24.8. The van der Waals surface area contributed by atoms with E-state index in [1.165, 1.54) is 18.9 Å². The van der Waals surface area contributed by atoms with E-state index in [4.69, 9.17) is 15.2 Å². The van der Waals surface area contributed by atoms with Gasteiger partial charge in [-0.15, -0.1) is 11.8 Å². The molecule has 4 rings (SSSR count). The van der Waals surface area contributed by atoms with Crippen molar-refractivity contribution in [1.29, 1.82) is 0 Å². The van der Waals surface area contributed by atoms with E-state index in [9.17, 15) is 19.2 Å². The molecule has 0 radical (unpaired) electrons. The molecular formula is C35H35N3O6S. The molecule has 2 atom stereocenters. The second kappa shape index (κ2) is 16.1. The summed E-state index contributed by atoms with van der Waals surface area (Å²) >= 11 is 1.47. The maximum absolute atomic E-state index is 13.2. The van der Waals surface area contributed by atoms with Crippen molar-refractivity contribution in [3.63, 3.8) is 0 Å². The number of nitrogens with two attached hydrogens (primary N) is 1. The fraction of sp³-hybridized carbons (Fsp3) is 0.200. The van der Waals surface area contributed by atoms with Crippen LogP contribution in [0.15, 0.2) is 121 Å². The van der Waals surface area contributed by atoms with Crippen LogP contribution < -0.4 is 16.4 Å². The van der Waals surface area contributed by atoms with Crippen LogP contribution in [0.3, 0.4) is 0 Å². The molecule has 2 unspecified atom stereocenters. The van der Waals surface area contributed by atoms with E-state index in [0.717, 1.165) is 22.3 Å². The van der Waals surface area contributed by atoms with Crippen LogP contribution in [-0.4, -0.2) is 48.8 Å². The van der Waals surface area contributed by atoms with E-state index in [2.05, 4.69) is 10.6 Å². The number of rotatable bonds is 14. The number of carbonyl (C=O) groups is 4. The van der Waals surface area contributed by atoms with Crippen molar-refractivity contribution < 1.29 is 28.7 Å². The summed E-state index contributed by atoms with van der Waals surface area (Å²) in [5.74, 6) is -2.15. The lowest BCUT2D eigenvalue weighted by molar-refractivity contribution is -0.144. The highest BCUT2D eigenvalue weighted by Gasteiger charge is 2.39. The second-order valence-corrected chi connectivity index (χ2v) is 11.3. The number of carbonyl (C=O) groups excluding carboxylic acids is 4. The summed E-state index contributed by atoms with van der Waals surface area (Å²) in [6.07, 6.45) is -1.41.